The van der Waals surface area contributed by atoms with Gasteiger partial charge in [0.05, 0.1) is 16.8 Å². The van der Waals surface area contributed by atoms with E-state index in [0.717, 1.165) is 67.7 Å². The largest absolute Gasteiger partial charge is 0.494 e. The molecule has 9 nitrogen and oxygen atoms in total. The summed E-state index contributed by atoms with van der Waals surface area (Å²) in [6, 6.07) is 26.3. The van der Waals surface area contributed by atoms with Crippen LogP contribution in [0.4, 0.5) is 10.3 Å². The number of nitrogens with one attached hydrogen (secondary N) is 1. The Bertz CT molecular complexity index is 2210. The zero-order valence-electron chi connectivity index (χ0n) is 29.0. The van der Waals surface area contributed by atoms with Gasteiger partial charge in [0.15, 0.2) is 16.0 Å². The number of carboxylic acids is 1. The minimum atomic E-state index is -1.02. The lowest BCUT2D eigenvalue weighted by Gasteiger charge is -2.29. The van der Waals surface area contributed by atoms with Crippen LogP contribution in [0.15, 0.2) is 78.9 Å². The van der Waals surface area contributed by atoms with Gasteiger partial charge in [0, 0.05) is 30.1 Å². The quantitative estimate of drug-likeness (QED) is 0.121. The van der Waals surface area contributed by atoms with Crippen LogP contribution in [-0.2, 0) is 25.8 Å². The van der Waals surface area contributed by atoms with Gasteiger partial charge < -0.3 is 19.6 Å². The van der Waals surface area contributed by atoms with E-state index in [-0.39, 0.29) is 11.6 Å². The second kappa shape index (κ2) is 15.4. The summed E-state index contributed by atoms with van der Waals surface area (Å²) < 4.78 is 7.10. The Hall–Kier alpha value is -4.84. The first kappa shape index (κ1) is 34.3. The summed E-state index contributed by atoms with van der Waals surface area (Å²) in [6.07, 6.45) is 7.01. The van der Waals surface area contributed by atoms with E-state index in [1.807, 2.05) is 42.5 Å². The Morgan fingerprint density at radius 1 is 0.865 bits per heavy atom. The number of para-hydroxylation sites is 1. The number of fused-ring (bicyclic) bond motifs is 3. The number of aromatic carboxylic acids is 1. The second-order valence-electron chi connectivity index (χ2n) is 13.6. The molecule has 11 heteroatoms. The number of aryl methyl sites for hydroxylation is 2. The molecule has 0 unspecified atom stereocenters. The maximum Gasteiger partial charge on any atom is 0.355 e. The zero-order chi connectivity index (χ0) is 35.4. The van der Waals surface area contributed by atoms with Crippen molar-refractivity contribution >= 4 is 65.8 Å². The summed E-state index contributed by atoms with van der Waals surface area (Å²) in [5, 5.41) is 16.6. The summed E-state index contributed by atoms with van der Waals surface area (Å²) in [4.78, 5) is 40.4. The molecule has 2 N–H and O–H groups in total. The molecular formula is C41H41N5O4S2. The van der Waals surface area contributed by atoms with Crippen molar-refractivity contribution in [2.45, 2.75) is 51.5 Å². The Balaban J connectivity index is 0.917. The van der Waals surface area contributed by atoms with Crippen LogP contribution in [-0.4, -0.2) is 64.6 Å². The lowest BCUT2D eigenvalue weighted by Crippen LogP contribution is -2.32. The third-order valence-electron chi connectivity index (χ3n) is 10.0. The molecule has 0 saturated carbocycles. The highest BCUT2D eigenvalue weighted by molar-refractivity contribution is 7.22. The fourth-order valence-electron chi connectivity index (χ4n) is 7.30. The van der Waals surface area contributed by atoms with Crippen molar-refractivity contribution in [3.63, 3.8) is 0 Å². The number of benzene rings is 4. The lowest BCUT2D eigenvalue weighted by molar-refractivity contribution is 0.0690. The van der Waals surface area contributed by atoms with Gasteiger partial charge >= 0.3 is 5.97 Å². The summed E-state index contributed by atoms with van der Waals surface area (Å²) in [6.45, 7) is 5.40. The number of ether oxygens (including phenoxy) is 1. The van der Waals surface area contributed by atoms with Gasteiger partial charge in [0.1, 0.15) is 5.75 Å². The molecule has 266 valence electrons. The average Bonchev–Trinajstić information content (AvgIpc) is 3.80. The van der Waals surface area contributed by atoms with Gasteiger partial charge in [-0.05, 0) is 109 Å². The van der Waals surface area contributed by atoms with Gasteiger partial charge in [-0.3, -0.25) is 10.1 Å². The van der Waals surface area contributed by atoms with E-state index in [2.05, 4.69) is 61.5 Å². The molecule has 1 amide bonds. The Kier molecular flexibility index (Phi) is 10.2. The number of rotatable bonds is 12. The number of hydrogen-bond acceptors (Lipinski definition) is 9. The Morgan fingerprint density at radius 2 is 1.71 bits per heavy atom. The van der Waals surface area contributed by atoms with Crippen molar-refractivity contribution in [3.8, 4) is 5.75 Å². The molecule has 1 fully saturated rings. The molecule has 0 spiro atoms. The molecule has 52 heavy (non-hydrogen) atoms. The van der Waals surface area contributed by atoms with Crippen LogP contribution < -0.4 is 15.0 Å². The molecule has 2 aliphatic rings. The van der Waals surface area contributed by atoms with Crippen molar-refractivity contribution in [3.05, 3.63) is 112 Å². The monoisotopic (exact) mass is 731 g/mol. The van der Waals surface area contributed by atoms with Crippen LogP contribution in [0.3, 0.4) is 0 Å². The molecule has 0 atom stereocenters. The number of carbonyl (C=O) groups excluding carboxylic acids is 1. The van der Waals surface area contributed by atoms with Crippen molar-refractivity contribution in [2.75, 3.05) is 43.0 Å². The molecule has 8 rings (SSSR count). The normalized spacial score (nSPS) is 14.8. The topological polar surface area (TPSA) is 108 Å². The van der Waals surface area contributed by atoms with Gasteiger partial charge in [-0.2, -0.15) is 0 Å². The zero-order valence-corrected chi connectivity index (χ0v) is 30.6. The summed E-state index contributed by atoms with van der Waals surface area (Å²) >= 11 is 2.89. The SMILES string of the molecule is O=C(Nc1nc2ccccc2s1)c1cccc2c1CN(c1nc(C(=O)O)c(CCc3ccc4cc(OCCCN5CCCCC5)ccc4c3)s1)CC2. The van der Waals surface area contributed by atoms with E-state index in [1.54, 1.807) is 0 Å². The highest BCUT2D eigenvalue weighted by Gasteiger charge is 2.27. The van der Waals surface area contributed by atoms with Crippen molar-refractivity contribution in [1.82, 2.24) is 14.9 Å². The molecule has 2 aromatic heterocycles. The molecule has 4 heterocycles. The van der Waals surface area contributed by atoms with Crippen molar-refractivity contribution in [2.24, 2.45) is 0 Å². The molecular weight excluding hydrogens is 691 g/mol. The molecule has 0 bridgehead atoms. The third-order valence-corrected chi connectivity index (χ3v) is 12.2. The third kappa shape index (κ3) is 7.67. The van der Waals surface area contributed by atoms with E-state index in [4.69, 9.17) is 4.74 Å². The molecule has 0 aliphatic carbocycles. The lowest BCUT2D eigenvalue weighted by atomic mass is 9.94. The van der Waals surface area contributed by atoms with Crippen LogP contribution in [0.25, 0.3) is 21.0 Å². The molecule has 2 aliphatic heterocycles. The van der Waals surface area contributed by atoms with Crippen LogP contribution in [0.1, 0.15) is 68.1 Å². The number of piperidine rings is 1. The highest BCUT2D eigenvalue weighted by Crippen LogP contribution is 2.34. The number of nitrogens with zero attached hydrogens (tertiary/aromatic N) is 4. The van der Waals surface area contributed by atoms with Gasteiger partial charge in [0.25, 0.3) is 5.91 Å². The fourth-order valence-corrected chi connectivity index (χ4v) is 9.23. The predicted molar refractivity (Wildman–Crippen MR) is 210 cm³/mol. The van der Waals surface area contributed by atoms with Gasteiger partial charge in [-0.15, -0.1) is 11.3 Å². The molecule has 1 saturated heterocycles. The van der Waals surface area contributed by atoms with Crippen LogP contribution >= 0.6 is 22.7 Å². The smallest absolute Gasteiger partial charge is 0.355 e. The number of amides is 1. The Labute approximate surface area is 310 Å². The first-order valence-corrected chi connectivity index (χ1v) is 19.7. The minimum absolute atomic E-state index is 0.107. The minimum Gasteiger partial charge on any atom is -0.494 e. The number of aromatic nitrogens is 2. The Morgan fingerprint density at radius 3 is 2.58 bits per heavy atom. The van der Waals surface area contributed by atoms with E-state index in [1.165, 1.54) is 55.0 Å². The van der Waals surface area contributed by atoms with E-state index >= 15 is 0 Å². The van der Waals surface area contributed by atoms with Crippen LogP contribution in [0, 0.1) is 0 Å². The maximum atomic E-state index is 13.5. The predicted octanol–water partition coefficient (Wildman–Crippen LogP) is 8.46. The first-order chi connectivity index (χ1) is 25.5. The first-order valence-electron chi connectivity index (χ1n) is 18.1. The summed E-state index contributed by atoms with van der Waals surface area (Å²) in [5.41, 5.74) is 4.75. The average molecular weight is 732 g/mol. The van der Waals surface area contributed by atoms with Crippen LogP contribution in [0.2, 0.25) is 0 Å². The highest BCUT2D eigenvalue weighted by atomic mass is 32.1. The standard InChI is InChI=1S/C41H41N5O4S2/c47-38(44-40-42-34-10-2-3-11-35(34)51-40)32-9-6-8-28-18-22-46(26-33(28)32)41-43-37(39(48)49)36(52-41)17-13-27-12-14-30-25-31(16-15-29(30)24-27)50-23-7-21-45-19-4-1-5-20-45/h2-3,6,8-12,14-16,24-25H,1,4-5,7,13,17-23,26H2,(H,48,49)(H,42,44,47). The number of hydrogen-bond donors (Lipinski definition) is 2. The van der Waals surface area contributed by atoms with Gasteiger partial charge in [-0.25, -0.2) is 14.8 Å². The van der Waals surface area contributed by atoms with E-state index in [0.29, 0.717) is 48.4 Å². The maximum absolute atomic E-state index is 13.5. The van der Waals surface area contributed by atoms with E-state index in [9.17, 15) is 14.7 Å². The molecule has 0 radical (unpaired) electrons. The number of carbonyl (C=O) groups is 2. The van der Waals surface area contributed by atoms with Crippen molar-refractivity contribution < 1.29 is 19.4 Å². The number of carboxylic acid groups (broad SMARTS) is 1. The fraction of sp³-hybridized carbons (Fsp3) is 0.317. The van der Waals surface area contributed by atoms with Gasteiger partial charge in [0.2, 0.25) is 0 Å². The number of anilines is 2. The summed E-state index contributed by atoms with van der Waals surface area (Å²) in [7, 11) is 0. The summed E-state index contributed by atoms with van der Waals surface area (Å²) in [5.74, 6) is -0.331. The number of thiazole rings is 2. The van der Waals surface area contributed by atoms with E-state index < -0.39 is 5.97 Å². The molecule has 6 aromatic rings. The second-order valence-corrected chi connectivity index (χ2v) is 15.7. The van der Waals surface area contributed by atoms with Crippen molar-refractivity contribution in [1.29, 1.82) is 0 Å². The number of likely N-dealkylation sites (tertiary alicyclic amines) is 1. The molecule has 4 aromatic carbocycles. The van der Waals surface area contributed by atoms with Gasteiger partial charge in [-0.1, -0.05) is 66.3 Å². The van der Waals surface area contributed by atoms with Crippen LogP contribution in [0.5, 0.6) is 5.75 Å².